The van der Waals surface area contributed by atoms with E-state index in [2.05, 4.69) is 93.7 Å². The highest BCUT2D eigenvalue weighted by molar-refractivity contribution is 7.47. The maximum absolute atomic E-state index is 12.9. The van der Waals surface area contributed by atoms with Crippen LogP contribution in [0.4, 0.5) is 0 Å². The Kier molecular flexibility index (Phi) is 48.7. The SMILES string of the molecule is CC/C=C\C/C=C\C/C=C\C/C=C\C/C=C\CC(=O)OC(COC(=O)CC/C=C\C/C=C\C/C=C\C/C=C\CC)COP(=O)(O)OCC(CO)OC(=O)CCCCCCCCCCCCCCCCC. The molecule has 0 aromatic carbocycles. The minimum Gasteiger partial charge on any atom is -0.462 e. The van der Waals surface area contributed by atoms with Crippen molar-refractivity contribution in [3.8, 4) is 0 Å². The second-order valence-electron chi connectivity index (χ2n) is 17.3. The van der Waals surface area contributed by atoms with Gasteiger partial charge in [-0.25, -0.2) is 4.57 Å². The predicted octanol–water partition coefficient (Wildman–Crippen LogP) is 15.5. The van der Waals surface area contributed by atoms with Crippen LogP contribution in [0.3, 0.4) is 0 Å². The summed E-state index contributed by atoms with van der Waals surface area (Å²) in [5.74, 6) is -1.73. The van der Waals surface area contributed by atoms with Crippen LogP contribution in [0.5, 0.6) is 0 Å². The molecule has 398 valence electrons. The first-order chi connectivity index (χ1) is 34.2. The zero-order chi connectivity index (χ0) is 51.3. The molecule has 0 heterocycles. The minimum absolute atomic E-state index is 0.0815. The zero-order valence-electron chi connectivity index (χ0n) is 43.7. The number of unbranched alkanes of at least 4 members (excludes halogenated alkanes) is 14. The summed E-state index contributed by atoms with van der Waals surface area (Å²) in [6.07, 6.45) is 61.1. The van der Waals surface area contributed by atoms with E-state index < -0.39 is 64.4 Å². The molecule has 0 fully saturated rings. The van der Waals surface area contributed by atoms with Gasteiger partial charge in [0.1, 0.15) is 12.7 Å². The van der Waals surface area contributed by atoms with Gasteiger partial charge in [-0.05, 0) is 70.6 Å². The van der Waals surface area contributed by atoms with E-state index in [9.17, 15) is 28.9 Å². The topological polar surface area (TPSA) is 155 Å². The van der Waals surface area contributed by atoms with Crippen molar-refractivity contribution in [3.63, 3.8) is 0 Å². The van der Waals surface area contributed by atoms with Crippen molar-refractivity contribution in [1.82, 2.24) is 0 Å². The lowest BCUT2D eigenvalue weighted by Crippen LogP contribution is -2.30. The summed E-state index contributed by atoms with van der Waals surface area (Å²) >= 11 is 0. The Bertz CT molecular complexity index is 1590. The van der Waals surface area contributed by atoms with Gasteiger partial charge in [0.2, 0.25) is 0 Å². The molecule has 0 amide bonds. The van der Waals surface area contributed by atoms with Crippen molar-refractivity contribution in [2.45, 2.75) is 213 Å². The van der Waals surface area contributed by atoms with Crippen molar-refractivity contribution in [2.24, 2.45) is 0 Å². The smallest absolute Gasteiger partial charge is 0.462 e. The van der Waals surface area contributed by atoms with E-state index in [-0.39, 0.29) is 19.3 Å². The molecule has 12 heteroatoms. The van der Waals surface area contributed by atoms with Gasteiger partial charge in [-0.1, -0.05) is 220 Å². The molecular formula is C58H95O11P. The van der Waals surface area contributed by atoms with Gasteiger partial charge in [-0.2, -0.15) is 0 Å². The molecule has 0 bridgehead atoms. The standard InChI is InChI=1S/C58H95O11P/c1-4-7-10-13-16-19-22-25-27-30-33-36-39-42-45-48-57(61)68-54(50-59)52-66-70(63,64)67-53-55(51-65-56(60)47-44-41-38-35-32-29-24-21-18-15-12-9-6-3)69-58(62)49-46-43-40-37-34-31-28-26-23-20-17-14-11-8-5-2/h8-9,11-12,17-18,20-21,26,28-29,32,34,37-38,41,43,46,54-55,59H,4-7,10,13-16,19,22-25,27,30-31,33,35-36,39-40,42,44-45,47-53H2,1-3H3,(H,63,64)/b11-8-,12-9-,20-17-,21-18-,28-26-,32-29-,37-34-,41-38-,46-43-. The van der Waals surface area contributed by atoms with Gasteiger partial charge in [0.25, 0.3) is 0 Å². The molecule has 0 spiro atoms. The molecule has 11 nitrogen and oxygen atoms in total. The fourth-order valence-corrected chi connectivity index (χ4v) is 7.52. The second-order valence-corrected chi connectivity index (χ2v) is 18.8. The molecule has 0 aliphatic carbocycles. The van der Waals surface area contributed by atoms with Gasteiger partial charge in [0.05, 0.1) is 26.2 Å². The third kappa shape index (κ3) is 49.1. The fourth-order valence-electron chi connectivity index (χ4n) is 6.74. The van der Waals surface area contributed by atoms with E-state index in [1.807, 2.05) is 30.4 Å². The van der Waals surface area contributed by atoms with Crippen LogP contribution in [0.25, 0.3) is 0 Å². The van der Waals surface area contributed by atoms with Gasteiger partial charge in [-0.3, -0.25) is 23.4 Å². The van der Waals surface area contributed by atoms with Crippen molar-refractivity contribution in [2.75, 3.05) is 26.4 Å². The maximum Gasteiger partial charge on any atom is 0.472 e. The van der Waals surface area contributed by atoms with Crippen LogP contribution in [0.1, 0.15) is 201 Å². The molecule has 3 atom stereocenters. The van der Waals surface area contributed by atoms with E-state index in [1.165, 1.54) is 70.6 Å². The molecule has 0 aliphatic rings. The lowest BCUT2D eigenvalue weighted by atomic mass is 10.0. The van der Waals surface area contributed by atoms with Gasteiger partial charge in [-0.15, -0.1) is 0 Å². The van der Waals surface area contributed by atoms with Gasteiger partial charge in [0.15, 0.2) is 6.10 Å². The van der Waals surface area contributed by atoms with Gasteiger partial charge in [0, 0.05) is 12.8 Å². The zero-order valence-corrected chi connectivity index (χ0v) is 44.6. The number of hydrogen-bond acceptors (Lipinski definition) is 10. The number of rotatable bonds is 48. The number of aliphatic hydroxyl groups excluding tert-OH is 1. The molecule has 0 aromatic rings. The van der Waals surface area contributed by atoms with Crippen molar-refractivity contribution >= 4 is 25.7 Å². The van der Waals surface area contributed by atoms with Crippen molar-refractivity contribution < 1.29 is 52.2 Å². The van der Waals surface area contributed by atoms with E-state index in [1.54, 1.807) is 6.08 Å². The molecule has 2 N–H and O–H groups in total. The maximum atomic E-state index is 12.9. The first-order valence-corrected chi connectivity index (χ1v) is 28.3. The van der Waals surface area contributed by atoms with E-state index in [4.69, 9.17) is 23.3 Å². The lowest BCUT2D eigenvalue weighted by molar-refractivity contribution is -0.160. The average molecular weight is 999 g/mol. The quantitative estimate of drug-likeness (QED) is 0.0197. The number of carbonyl (C=O) groups is 3. The molecule has 0 aliphatic heterocycles. The first kappa shape index (κ1) is 66.1. The molecule has 70 heavy (non-hydrogen) atoms. The molecule has 0 saturated carbocycles. The number of allylic oxidation sites excluding steroid dienone is 17. The number of aliphatic hydroxyl groups is 1. The van der Waals surface area contributed by atoms with E-state index in [0.717, 1.165) is 70.6 Å². The fraction of sp³-hybridized carbons (Fsp3) is 0.638. The summed E-state index contributed by atoms with van der Waals surface area (Å²) in [4.78, 5) is 48.3. The summed E-state index contributed by atoms with van der Waals surface area (Å²) < 4.78 is 39.2. The van der Waals surface area contributed by atoms with Gasteiger partial charge < -0.3 is 24.2 Å². The van der Waals surface area contributed by atoms with Crippen LogP contribution in [0.15, 0.2) is 109 Å². The van der Waals surface area contributed by atoms with Crippen LogP contribution in [-0.2, 0) is 42.2 Å². The third-order valence-electron chi connectivity index (χ3n) is 10.7. The molecule has 0 aromatic heterocycles. The molecule has 3 unspecified atom stereocenters. The number of carbonyl (C=O) groups excluding carboxylic acids is 3. The largest absolute Gasteiger partial charge is 0.472 e. The third-order valence-corrected chi connectivity index (χ3v) is 11.7. The lowest BCUT2D eigenvalue weighted by Gasteiger charge is -2.21. The summed E-state index contributed by atoms with van der Waals surface area (Å²) in [7, 11) is -4.79. The average Bonchev–Trinajstić information content (AvgIpc) is 3.35. The predicted molar refractivity (Wildman–Crippen MR) is 288 cm³/mol. The highest BCUT2D eigenvalue weighted by Gasteiger charge is 2.28. The Morgan fingerprint density at radius 2 is 0.800 bits per heavy atom. The Hall–Kier alpha value is -3.86. The monoisotopic (exact) mass is 999 g/mol. The highest BCUT2D eigenvalue weighted by Crippen LogP contribution is 2.43. The van der Waals surface area contributed by atoms with Crippen LogP contribution < -0.4 is 0 Å². The Morgan fingerprint density at radius 1 is 0.429 bits per heavy atom. The van der Waals surface area contributed by atoms with Crippen LogP contribution in [0.2, 0.25) is 0 Å². The number of phosphoric acid groups is 1. The molecular weight excluding hydrogens is 904 g/mol. The minimum atomic E-state index is -4.79. The summed E-state index contributed by atoms with van der Waals surface area (Å²) in [6.45, 7) is 4.20. The number of phosphoric ester groups is 1. The summed E-state index contributed by atoms with van der Waals surface area (Å²) in [6, 6.07) is 0. The first-order valence-electron chi connectivity index (χ1n) is 26.8. The van der Waals surface area contributed by atoms with Crippen LogP contribution >= 0.6 is 7.82 Å². The van der Waals surface area contributed by atoms with Crippen LogP contribution in [0, 0.1) is 0 Å². The number of esters is 3. The Balaban J connectivity index is 4.89. The molecule has 0 saturated heterocycles. The van der Waals surface area contributed by atoms with Crippen molar-refractivity contribution in [1.29, 1.82) is 0 Å². The van der Waals surface area contributed by atoms with Crippen molar-refractivity contribution in [3.05, 3.63) is 109 Å². The second kappa shape index (κ2) is 51.5. The summed E-state index contributed by atoms with van der Waals surface area (Å²) in [5, 5.41) is 9.79. The Morgan fingerprint density at radius 3 is 1.23 bits per heavy atom. The number of ether oxygens (including phenoxy) is 3. The summed E-state index contributed by atoms with van der Waals surface area (Å²) in [5.41, 5.74) is 0. The molecule has 0 radical (unpaired) electrons. The van der Waals surface area contributed by atoms with Crippen LogP contribution in [-0.4, -0.2) is 66.5 Å². The van der Waals surface area contributed by atoms with Gasteiger partial charge >= 0.3 is 25.7 Å². The van der Waals surface area contributed by atoms with E-state index >= 15 is 0 Å². The normalized spacial score (nSPS) is 14.3. The Labute approximate surface area is 425 Å². The van der Waals surface area contributed by atoms with E-state index in [0.29, 0.717) is 19.3 Å². The highest BCUT2D eigenvalue weighted by atomic mass is 31.2. The number of hydrogen-bond donors (Lipinski definition) is 2. The molecule has 0 rings (SSSR count).